The number of hydrogen-bond donors (Lipinski definition) is 3. The predicted molar refractivity (Wildman–Crippen MR) is 195 cm³/mol. The van der Waals surface area contributed by atoms with Crippen molar-refractivity contribution in [2.24, 2.45) is 17.8 Å². The number of ether oxygens (including phenoxy) is 1. The van der Waals surface area contributed by atoms with Gasteiger partial charge < -0.3 is 28.9 Å². The van der Waals surface area contributed by atoms with Crippen molar-refractivity contribution in [3.63, 3.8) is 0 Å². The number of hydrogen-bond acceptors (Lipinski definition) is 9. The average molecular weight is 716 g/mol. The van der Waals surface area contributed by atoms with Crippen molar-refractivity contribution in [1.29, 1.82) is 0 Å². The molecular formula is C40H49NO9Si. The Kier molecular flexibility index (Phi) is 12.0. The standard InChI is InChI=1S/C40H49NO9Si/c1-6-26(21-28-18-19-29(23-42)50-28)17-20-34(44)35-27(22-32-36(33(35)24-43)38(46)41(37(32)45)39(47)48-5)25-49-51(40(2,3)4,30-13-9-7-10-14-30)31-15-11-8-12-16-31/h7-16,18-19,21,32-34,36,42-44H,6,17,20,22-25H2,1-5H3/b26-21+/t32-,33+,34-,36-/m1/s1. The fourth-order valence-electron chi connectivity index (χ4n) is 7.91. The van der Waals surface area contributed by atoms with Crippen LogP contribution in [0.25, 0.3) is 6.08 Å². The summed E-state index contributed by atoms with van der Waals surface area (Å²) in [4.78, 5) is 40.5. The lowest BCUT2D eigenvalue weighted by atomic mass is 9.68. The maximum atomic E-state index is 13.7. The van der Waals surface area contributed by atoms with Gasteiger partial charge >= 0.3 is 6.09 Å². The number of furan rings is 1. The van der Waals surface area contributed by atoms with Crippen LogP contribution in [-0.4, -0.2) is 72.9 Å². The zero-order chi connectivity index (χ0) is 36.9. The van der Waals surface area contributed by atoms with Crippen LogP contribution in [0, 0.1) is 17.8 Å². The molecule has 1 aliphatic carbocycles. The van der Waals surface area contributed by atoms with E-state index in [0.29, 0.717) is 40.4 Å². The van der Waals surface area contributed by atoms with E-state index in [2.05, 4.69) is 45.0 Å². The van der Waals surface area contributed by atoms with E-state index in [0.717, 1.165) is 23.1 Å². The van der Waals surface area contributed by atoms with Crippen LogP contribution in [0.4, 0.5) is 4.79 Å². The van der Waals surface area contributed by atoms with Gasteiger partial charge in [-0.25, -0.2) is 4.79 Å². The lowest BCUT2D eigenvalue weighted by Crippen LogP contribution is -2.66. The molecule has 0 spiro atoms. The SMILES string of the molecule is CC/C(=C\c1ccc(CO)o1)CC[C@@H](O)C1=C(CO[Si](c2ccccc2)(c2ccccc2)C(C)(C)C)C[C@H]2C(=O)N(C(=O)OC)C(=O)[C@H]2[C@H]1CO. The van der Waals surface area contributed by atoms with Crippen molar-refractivity contribution in [3.8, 4) is 0 Å². The molecule has 1 saturated heterocycles. The number of amides is 3. The quantitative estimate of drug-likeness (QED) is 0.127. The van der Waals surface area contributed by atoms with Crippen molar-refractivity contribution < 1.29 is 43.3 Å². The summed E-state index contributed by atoms with van der Waals surface area (Å²) < 4.78 is 17.7. The fourth-order valence-corrected chi connectivity index (χ4v) is 12.5. The summed E-state index contributed by atoms with van der Waals surface area (Å²) in [5.41, 5.74) is 2.11. The number of fused-ring (bicyclic) bond motifs is 1. The molecule has 2 aliphatic rings. The van der Waals surface area contributed by atoms with E-state index in [1.807, 2.05) is 49.4 Å². The first kappa shape index (κ1) is 38.1. The molecule has 0 radical (unpaired) electrons. The number of aliphatic hydroxyl groups is 3. The largest absolute Gasteiger partial charge is 0.459 e. The summed E-state index contributed by atoms with van der Waals surface area (Å²) in [5.74, 6) is -3.25. The minimum atomic E-state index is -3.07. The summed E-state index contributed by atoms with van der Waals surface area (Å²) >= 11 is 0. The molecule has 0 bridgehead atoms. The monoisotopic (exact) mass is 715 g/mol. The zero-order valence-electron chi connectivity index (χ0n) is 30.0. The van der Waals surface area contributed by atoms with Gasteiger partial charge in [0.2, 0.25) is 11.8 Å². The van der Waals surface area contributed by atoms with Crippen LogP contribution < -0.4 is 10.4 Å². The number of aliphatic hydroxyl groups excluding tert-OH is 3. The highest BCUT2D eigenvalue weighted by molar-refractivity contribution is 6.99. The number of allylic oxidation sites excluding steroid dienone is 1. The van der Waals surface area contributed by atoms with Crippen LogP contribution >= 0.6 is 0 Å². The maximum Gasteiger partial charge on any atom is 0.423 e. The molecule has 51 heavy (non-hydrogen) atoms. The molecule has 3 aromatic rings. The molecule has 10 nitrogen and oxygen atoms in total. The van der Waals surface area contributed by atoms with Crippen molar-refractivity contribution in [2.45, 2.75) is 71.1 Å². The number of carbonyl (C=O) groups is 3. The molecule has 2 aromatic carbocycles. The van der Waals surface area contributed by atoms with E-state index in [1.54, 1.807) is 12.1 Å². The summed E-state index contributed by atoms with van der Waals surface area (Å²) in [6, 6.07) is 23.7. The third kappa shape index (κ3) is 7.45. The number of carbonyl (C=O) groups excluding carboxylic acids is 3. The van der Waals surface area contributed by atoms with E-state index >= 15 is 0 Å². The van der Waals surface area contributed by atoms with Gasteiger partial charge in [-0.05, 0) is 70.4 Å². The second-order valence-corrected chi connectivity index (χ2v) is 18.6. The molecule has 5 rings (SSSR count). The van der Waals surface area contributed by atoms with Gasteiger partial charge in [0.25, 0.3) is 8.32 Å². The van der Waals surface area contributed by atoms with Gasteiger partial charge in [0.1, 0.15) is 18.1 Å². The Balaban J connectivity index is 1.58. The third-order valence-electron chi connectivity index (χ3n) is 10.4. The Morgan fingerprint density at radius 3 is 2.14 bits per heavy atom. The zero-order valence-corrected chi connectivity index (χ0v) is 31.0. The first-order valence-electron chi connectivity index (χ1n) is 17.5. The number of imide groups is 3. The Morgan fingerprint density at radius 2 is 1.63 bits per heavy atom. The van der Waals surface area contributed by atoms with Gasteiger partial charge in [0.05, 0.1) is 38.3 Å². The minimum Gasteiger partial charge on any atom is -0.459 e. The molecule has 0 saturated carbocycles. The second kappa shape index (κ2) is 16.0. The van der Waals surface area contributed by atoms with Crippen LogP contribution in [0.3, 0.4) is 0 Å². The van der Waals surface area contributed by atoms with E-state index in [4.69, 9.17) is 13.6 Å². The number of rotatable bonds is 13. The number of likely N-dealkylation sites (tertiary alicyclic amines) is 1. The van der Waals surface area contributed by atoms with Gasteiger partial charge in [-0.2, -0.15) is 4.90 Å². The molecule has 1 aliphatic heterocycles. The van der Waals surface area contributed by atoms with Crippen LogP contribution in [-0.2, 0) is 25.4 Å². The lowest BCUT2D eigenvalue weighted by Gasteiger charge is -2.44. The highest BCUT2D eigenvalue weighted by Crippen LogP contribution is 2.47. The topological polar surface area (TPSA) is 147 Å². The minimum absolute atomic E-state index is 0.0475. The van der Waals surface area contributed by atoms with Gasteiger partial charge in [0, 0.05) is 5.92 Å². The molecule has 3 N–H and O–H groups in total. The van der Waals surface area contributed by atoms with Gasteiger partial charge in [0.15, 0.2) is 0 Å². The first-order chi connectivity index (χ1) is 24.4. The fraction of sp³-hybridized carbons (Fsp3) is 0.425. The van der Waals surface area contributed by atoms with E-state index in [1.165, 1.54) is 0 Å². The normalized spacial score (nSPS) is 20.5. The van der Waals surface area contributed by atoms with Gasteiger partial charge in [-0.15, -0.1) is 0 Å². The summed E-state index contributed by atoms with van der Waals surface area (Å²) in [7, 11) is -1.96. The van der Waals surface area contributed by atoms with Crippen molar-refractivity contribution >= 4 is 42.7 Å². The average Bonchev–Trinajstić information content (AvgIpc) is 3.70. The molecule has 272 valence electrons. The Labute approximate surface area is 300 Å². The van der Waals surface area contributed by atoms with Gasteiger partial charge in [-0.3, -0.25) is 9.59 Å². The number of nitrogens with zero attached hydrogens (tertiary/aromatic N) is 1. The van der Waals surface area contributed by atoms with Crippen molar-refractivity contribution in [3.05, 3.63) is 101 Å². The maximum absolute atomic E-state index is 13.7. The Morgan fingerprint density at radius 1 is 1.00 bits per heavy atom. The third-order valence-corrected chi connectivity index (χ3v) is 15.3. The van der Waals surface area contributed by atoms with Crippen LogP contribution in [0.5, 0.6) is 0 Å². The molecule has 0 unspecified atom stereocenters. The van der Waals surface area contributed by atoms with E-state index in [-0.39, 0.29) is 31.1 Å². The summed E-state index contributed by atoms with van der Waals surface area (Å²) in [6.07, 6.45) is 1.24. The molecular weight excluding hydrogens is 667 g/mol. The molecule has 3 amide bonds. The Hall–Kier alpha value is -4.13. The second-order valence-electron chi connectivity index (χ2n) is 14.3. The molecule has 2 heterocycles. The van der Waals surface area contributed by atoms with Crippen molar-refractivity contribution in [1.82, 2.24) is 4.90 Å². The van der Waals surface area contributed by atoms with Crippen LogP contribution in [0.15, 0.2) is 93.9 Å². The Bertz CT molecular complexity index is 1720. The van der Waals surface area contributed by atoms with E-state index in [9.17, 15) is 29.7 Å². The number of benzene rings is 2. The number of methoxy groups -OCH3 is 1. The molecule has 11 heteroatoms. The summed E-state index contributed by atoms with van der Waals surface area (Å²) in [6.45, 7) is 7.80. The van der Waals surface area contributed by atoms with Crippen LogP contribution in [0.2, 0.25) is 5.04 Å². The lowest BCUT2D eigenvalue weighted by molar-refractivity contribution is -0.137. The summed E-state index contributed by atoms with van der Waals surface area (Å²) in [5, 5.41) is 34.1. The highest BCUT2D eigenvalue weighted by atomic mass is 28.4. The van der Waals surface area contributed by atoms with E-state index < -0.39 is 56.7 Å². The predicted octanol–water partition coefficient (Wildman–Crippen LogP) is 4.96. The van der Waals surface area contributed by atoms with Crippen molar-refractivity contribution in [2.75, 3.05) is 20.3 Å². The van der Waals surface area contributed by atoms with Gasteiger partial charge in [-0.1, -0.05) is 93.9 Å². The molecule has 4 atom stereocenters. The van der Waals surface area contributed by atoms with Crippen LogP contribution in [0.1, 0.15) is 64.9 Å². The highest BCUT2D eigenvalue weighted by Gasteiger charge is 2.58. The molecule has 1 aromatic heterocycles. The first-order valence-corrected chi connectivity index (χ1v) is 19.4. The molecule has 1 fully saturated rings. The smallest absolute Gasteiger partial charge is 0.423 e.